The Hall–Kier alpha value is -4.05. The number of carbonyl (C=O) groups is 2. The maximum atomic E-state index is 14.3. The predicted molar refractivity (Wildman–Crippen MR) is 167 cm³/mol. The Kier molecular flexibility index (Phi) is 10.7. The van der Waals surface area contributed by atoms with Gasteiger partial charge in [-0.3, -0.25) is 13.9 Å². The molecule has 2 amide bonds. The number of anilines is 1. The number of ether oxygens (including phenoxy) is 2. The lowest BCUT2D eigenvalue weighted by Gasteiger charge is -2.34. The fourth-order valence-corrected chi connectivity index (χ4v) is 6.83. The molecule has 0 saturated heterocycles. The van der Waals surface area contributed by atoms with E-state index in [0.29, 0.717) is 17.9 Å². The molecule has 3 aromatic carbocycles. The standard InChI is InChI=1S/C33H41N3O6S/c1-5-29(33(38)34-26-10-6-7-11-26)35(22-25-16-14-24(2)15-17-25)32(37)23-36(30-12-8-9-13-31(30)42-4)43(39,40)28-20-18-27(41-3)19-21-28/h8-9,12-21,26,29H,5-7,10-11,22-23H2,1-4H3,(H,34,38)/t29-/m0/s1. The van der Waals surface area contributed by atoms with Crippen LogP contribution in [-0.2, 0) is 26.2 Å². The molecular formula is C33H41N3O6S. The molecule has 43 heavy (non-hydrogen) atoms. The van der Waals surface area contributed by atoms with Crippen molar-refractivity contribution in [1.29, 1.82) is 0 Å². The highest BCUT2D eigenvalue weighted by atomic mass is 32.2. The van der Waals surface area contributed by atoms with Crippen molar-refractivity contribution < 1.29 is 27.5 Å². The molecule has 9 nitrogen and oxygen atoms in total. The van der Waals surface area contributed by atoms with E-state index in [1.54, 1.807) is 36.4 Å². The van der Waals surface area contributed by atoms with Gasteiger partial charge in [0.25, 0.3) is 10.0 Å². The SMILES string of the molecule is CC[C@@H](C(=O)NC1CCCC1)N(Cc1ccc(C)cc1)C(=O)CN(c1ccccc1OC)S(=O)(=O)c1ccc(OC)cc1. The monoisotopic (exact) mass is 607 g/mol. The number of sulfonamides is 1. The van der Waals surface area contributed by atoms with Gasteiger partial charge in [-0.2, -0.15) is 0 Å². The van der Waals surface area contributed by atoms with Crippen LogP contribution in [0, 0.1) is 6.92 Å². The number of nitrogens with zero attached hydrogens (tertiary/aromatic N) is 2. The van der Waals surface area contributed by atoms with Crippen LogP contribution in [-0.4, -0.2) is 58.0 Å². The van der Waals surface area contributed by atoms with Crippen LogP contribution < -0.4 is 19.1 Å². The maximum Gasteiger partial charge on any atom is 0.264 e. The van der Waals surface area contributed by atoms with Crippen LogP contribution >= 0.6 is 0 Å². The summed E-state index contributed by atoms with van der Waals surface area (Å²) in [4.78, 5) is 29.4. The van der Waals surface area contributed by atoms with Gasteiger partial charge < -0.3 is 19.7 Å². The van der Waals surface area contributed by atoms with Gasteiger partial charge >= 0.3 is 0 Å². The molecule has 0 aromatic heterocycles. The summed E-state index contributed by atoms with van der Waals surface area (Å²) in [5.41, 5.74) is 2.13. The number of benzene rings is 3. The first-order chi connectivity index (χ1) is 20.7. The van der Waals surface area contributed by atoms with Gasteiger partial charge in [-0.1, -0.05) is 61.7 Å². The quantitative estimate of drug-likeness (QED) is 0.291. The first kappa shape index (κ1) is 31.9. The Morgan fingerprint density at radius 3 is 2.19 bits per heavy atom. The number of hydrogen-bond acceptors (Lipinski definition) is 6. The molecule has 1 atom stereocenters. The molecule has 0 radical (unpaired) electrons. The number of hydrogen-bond donors (Lipinski definition) is 1. The Morgan fingerprint density at radius 2 is 1.58 bits per heavy atom. The topological polar surface area (TPSA) is 105 Å². The molecule has 0 unspecified atom stereocenters. The average Bonchev–Trinajstić information content (AvgIpc) is 3.53. The predicted octanol–water partition coefficient (Wildman–Crippen LogP) is 5.07. The summed E-state index contributed by atoms with van der Waals surface area (Å²) in [6.45, 7) is 3.46. The van der Waals surface area contributed by atoms with E-state index in [0.717, 1.165) is 41.1 Å². The van der Waals surface area contributed by atoms with Crippen LogP contribution in [0.15, 0.2) is 77.7 Å². The minimum absolute atomic E-state index is 0.0110. The summed E-state index contributed by atoms with van der Waals surface area (Å²) >= 11 is 0. The zero-order valence-electron chi connectivity index (χ0n) is 25.3. The average molecular weight is 608 g/mol. The smallest absolute Gasteiger partial charge is 0.264 e. The Labute approximate surface area is 254 Å². The normalized spacial score (nSPS) is 14.1. The van der Waals surface area contributed by atoms with Crippen molar-refractivity contribution in [3.8, 4) is 11.5 Å². The Bertz CT molecular complexity index is 1490. The third-order valence-corrected chi connectivity index (χ3v) is 9.62. The first-order valence-corrected chi connectivity index (χ1v) is 16.1. The van der Waals surface area contributed by atoms with Gasteiger partial charge in [0, 0.05) is 12.6 Å². The van der Waals surface area contributed by atoms with Crippen molar-refractivity contribution in [2.75, 3.05) is 25.1 Å². The molecule has 1 aliphatic carbocycles. The molecular weight excluding hydrogens is 566 g/mol. The zero-order valence-corrected chi connectivity index (χ0v) is 26.1. The van der Waals surface area contributed by atoms with Crippen molar-refractivity contribution in [3.05, 3.63) is 83.9 Å². The molecule has 3 aromatic rings. The summed E-state index contributed by atoms with van der Waals surface area (Å²) in [6.07, 6.45) is 4.32. The summed E-state index contributed by atoms with van der Waals surface area (Å²) in [5.74, 6) is 0.0689. The Balaban J connectivity index is 1.74. The van der Waals surface area contributed by atoms with Gasteiger partial charge in [0.15, 0.2) is 0 Å². The minimum atomic E-state index is -4.24. The van der Waals surface area contributed by atoms with E-state index in [-0.39, 0.29) is 29.1 Å². The van der Waals surface area contributed by atoms with Gasteiger partial charge in [-0.25, -0.2) is 8.42 Å². The van der Waals surface area contributed by atoms with Gasteiger partial charge in [0.1, 0.15) is 24.1 Å². The molecule has 1 aliphatic rings. The highest BCUT2D eigenvalue weighted by molar-refractivity contribution is 7.92. The maximum absolute atomic E-state index is 14.3. The van der Waals surface area contributed by atoms with Gasteiger partial charge in [-0.15, -0.1) is 0 Å². The van der Waals surface area contributed by atoms with E-state index >= 15 is 0 Å². The van der Waals surface area contributed by atoms with Crippen LogP contribution in [0.5, 0.6) is 11.5 Å². The van der Waals surface area contributed by atoms with Gasteiger partial charge in [0.05, 0.1) is 24.8 Å². The number of para-hydroxylation sites is 2. The number of amides is 2. The molecule has 10 heteroatoms. The lowest BCUT2D eigenvalue weighted by molar-refractivity contribution is -0.140. The van der Waals surface area contributed by atoms with Crippen molar-refractivity contribution in [2.45, 2.75) is 69.5 Å². The largest absolute Gasteiger partial charge is 0.497 e. The van der Waals surface area contributed by atoms with Crippen LogP contribution in [0.1, 0.15) is 50.2 Å². The molecule has 1 saturated carbocycles. The van der Waals surface area contributed by atoms with Crippen LogP contribution in [0.4, 0.5) is 5.69 Å². The molecule has 0 spiro atoms. The van der Waals surface area contributed by atoms with Crippen molar-refractivity contribution in [2.24, 2.45) is 0 Å². The Morgan fingerprint density at radius 1 is 0.930 bits per heavy atom. The van der Waals surface area contributed by atoms with Crippen LogP contribution in [0.2, 0.25) is 0 Å². The zero-order chi connectivity index (χ0) is 31.0. The molecule has 0 heterocycles. The van der Waals surface area contributed by atoms with Crippen molar-refractivity contribution >= 4 is 27.5 Å². The second-order valence-corrected chi connectivity index (χ2v) is 12.6. The molecule has 4 rings (SSSR count). The molecule has 1 fully saturated rings. The second kappa shape index (κ2) is 14.4. The molecule has 1 N–H and O–H groups in total. The summed E-state index contributed by atoms with van der Waals surface area (Å²) in [7, 11) is -1.29. The number of aryl methyl sites for hydroxylation is 1. The van der Waals surface area contributed by atoms with E-state index in [9.17, 15) is 18.0 Å². The fourth-order valence-electron chi connectivity index (χ4n) is 5.40. The van der Waals surface area contributed by atoms with Crippen molar-refractivity contribution in [1.82, 2.24) is 10.2 Å². The van der Waals surface area contributed by atoms with E-state index in [4.69, 9.17) is 9.47 Å². The van der Waals surface area contributed by atoms with Crippen LogP contribution in [0.3, 0.4) is 0 Å². The van der Waals surface area contributed by atoms with Gasteiger partial charge in [0.2, 0.25) is 11.8 Å². The van der Waals surface area contributed by atoms with E-state index in [2.05, 4.69) is 5.32 Å². The number of rotatable bonds is 13. The van der Waals surface area contributed by atoms with Crippen LogP contribution in [0.25, 0.3) is 0 Å². The van der Waals surface area contributed by atoms with E-state index < -0.39 is 28.5 Å². The fraction of sp³-hybridized carbons (Fsp3) is 0.394. The van der Waals surface area contributed by atoms with Gasteiger partial charge in [-0.05, 0) is 68.1 Å². The highest BCUT2D eigenvalue weighted by Gasteiger charge is 2.35. The van der Waals surface area contributed by atoms with E-state index in [1.807, 2.05) is 38.1 Å². The van der Waals surface area contributed by atoms with E-state index in [1.165, 1.54) is 31.3 Å². The first-order valence-electron chi connectivity index (χ1n) is 14.6. The molecule has 0 aliphatic heterocycles. The number of carbonyl (C=O) groups excluding carboxylic acids is 2. The number of methoxy groups -OCH3 is 2. The molecule has 0 bridgehead atoms. The minimum Gasteiger partial charge on any atom is -0.497 e. The third-order valence-electron chi connectivity index (χ3n) is 7.84. The molecule has 230 valence electrons. The second-order valence-electron chi connectivity index (χ2n) is 10.8. The lowest BCUT2D eigenvalue weighted by atomic mass is 10.1. The summed E-state index contributed by atoms with van der Waals surface area (Å²) in [6, 6.07) is 19.7. The van der Waals surface area contributed by atoms with Crippen molar-refractivity contribution in [3.63, 3.8) is 0 Å². The summed E-state index contributed by atoms with van der Waals surface area (Å²) < 4.78 is 40.0. The lowest BCUT2D eigenvalue weighted by Crippen LogP contribution is -2.53. The summed E-state index contributed by atoms with van der Waals surface area (Å²) in [5, 5.41) is 3.13. The highest BCUT2D eigenvalue weighted by Crippen LogP contribution is 2.33. The number of nitrogens with one attached hydrogen (secondary N) is 1. The third kappa shape index (κ3) is 7.67.